The molecule has 0 aromatic carbocycles. The van der Waals surface area contributed by atoms with E-state index in [2.05, 4.69) is 10.6 Å². The quantitative estimate of drug-likeness (QED) is 0.791. The Hall–Kier alpha value is -2.70. The van der Waals surface area contributed by atoms with E-state index in [1.807, 2.05) is 26.8 Å². The first-order chi connectivity index (χ1) is 11.4. The van der Waals surface area contributed by atoms with Crippen molar-refractivity contribution in [1.29, 1.82) is 0 Å². The number of hydrogen-bond acceptors (Lipinski definition) is 5. The van der Waals surface area contributed by atoms with E-state index in [4.69, 9.17) is 13.6 Å². The van der Waals surface area contributed by atoms with E-state index in [9.17, 15) is 9.59 Å². The van der Waals surface area contributed by atoms with Gasteiger partial charge in [-0.2, -0.15) is 0 Å². The summed E-state index contributed by atoms with van der Waals surface area (Å²) < 4.78 is 15.6. The van der Waals surface area contributed by atoms with Crippen molar-refractivity contribution in [3.8, 4) is 0 Å². The van der Waals surface area contributed by atoms with Gasteiger partial charge in [-0.3, -0.25) is 0 Å². The number of furan rings is 2. The Labute approximate surface area is 140 Å². The normalized spacial score (nSPS) is 11.8. The lowest BCUT2D eigenvalue weighted by atomic mass is 10.1. The molecule has 0 saturated carbocycles. The van der Waals surface area contributed by atoms with Crippen LogP contribution in [0.4, 0.5) is 4.79 Å². The molecule has 0 unspecified atom stereocenters. The fraction of sp³-hybridized carbons (Fsp3) is 0.412. The van der Waals surface area contributed by atoms with Gasteiger partial charge in [-0.05, 0) is 45.9 Å². The van der Waals surface area contributed by atoms with Gasteiger partial charge in [0.2, 0.25) is 5.76 Å². The lowest BCUT2D eigenvalue weighted by Crippen LogP contribution is -2.36. The van der Waals surface area contributed by atoms with Crippen LogP contribution in [0.1, 0.15) is 53.3 Å². The summed E-state index contributed by atoms with van der Waals surface area (Å²) in [5.41, 5.74) is 0.935. The molecule has 0 saturated heterocycles. The number of urea groups is 1. The predicted molar refractivity (Wildman–Crippen MR) is 86.6 cm³/mol. The Kier molecular flexibility index (Phi) is 5.68. The predicted octanol–water partition coefficient (Wildman–Crippen LogP) is 3.23. The Morgan fingerprint density at radius 3 is 2.62 bits per heavy atom. The second kappa shape index (κ2) is 7.72. The molecule has 24 heavy (non-hydrogen) atoms. The minimum absolute atomic E-state index is 0.118. The molecule has 1 atom stereocenters. The van der Waals surface area contributed by atoms with Crippen LogP contribution in [0, 0.1) is 13.8 Å². The van der Waals surface area contributed by atoms with Gasteiger partial charge in [-0.15, -0.1) is 0 Å². The average Bonchev–Trinajstić information content (AvgIpc) is 3.12. The maximum atomic E-state index is 12.0. The molecule has 130 valence electrons. The van der Waals surface area contributed by atoms with Crippen molar-refractivity contribution in [2.45, 2.75) is 40.3 Å². The molecule has 2 aromatic rings. The van der Waals surface area contributed by atoms with Crippen LogP contribution in [0.25, 0.3) is 0 Å². The lowest BCUT2D eigenvalue weighted by Gasteiger charge is -2.13. The molecule has 0 aliphatic heterocycles. The third kappa shape index (κ3) is 4.41. The number of nitrogens with one attached hydrogen (secondary N) is 2. The van der Waals surface area contributed by atoms with Crippen molar-refractivity contribution in [3.63, 3.8) is 0 Å². The van der Waals surface area contributed by atoms with Crippen LogP contribution in [0.5, 0.6) is 0 Å². The monoisotopic (exact) mass is 334 g/mol. The molecule has 2 aromatic heterocycles. The molecule has 0 aliphatic carbocycles. The van der Waals surface area contributed by atoms with Crippen LogP contribution in [0.15, 0.2) is 27.0 Å². The summed E-state index contributed by atoms with van der Waals surface area (Å²) in [5.74, 6) is 1.65. The number of esters is 1. The van der Waals surface area contributed by atoms with Crippen molar-refractivity contribution in [3.05, 3.63) is 46.8 Å². The van der Waals surface area contributed by atoms with E-state index < -0.39 is 5.97 Å². The molecule has 0 radical (unpaired) electrons. The molecule has 2 heterocycles. The fourth-order valence-electron chi connectivity index (χ4n) is 2.36. The summed E-state index contributed by atoms with van der Waals surface area (Å²) in [7, 11) is 0. The Morgan fingerprint density at radius 1 is 1.25 bits per heavy atom. The number of ether oxygens (including phenoxy) is 1. The molecule has 2 N–H and O–H groups in total. The summed E-state index contributed by atoms with van der Waals surface area (Å²) in [6, 6.07) is 4.52. The molecule has 0 fully saturated rings. The molecule has 7 heteroatoms. The van der Waals surface area contributed by atoms with Crippen LogP contribution in [0.2, 0.25) is 0 Å². The van der Waals surface area contributed by atoms with Crippen molar-refractivity contribution in [2.24, 2.45) is 0 Å². The first-order valence-electron chi connectivity index (χ1n) is 7.77. The smallest absolute Gasteiger partial charge is 0.374 e. The number of carbonyl (C=O) groups is 2. The third-order valence-corrected chi connectivity index (χ3v) is 3.45. The van der Waals surface area contributed by atoms with Crippen molar-refractivity contribution in [1.82, 2.24) is 10.6 Å². The van der Waals surface area contributed by atoms with Crippen LogP contribution in [-0.2, 0) is 11.3 Å². The second-order valence-electron chi connectivity index (χ2n) is 5.40. The maximum Gasteiger partial charge on any atom is 0.374 e. The van der Waals surface area contributed by atoms with Crippen LogP contribution in [0.3, 0.4) is 0 Å². The van der Waals surface area contributed by atoms with E-state index in [0.29, 0.717) is 5.76 Å². The molecule has 0 bridgehead atoms. The molecule has 0 aliphatic rings. The topological polar surface area (TPSA) is 93.7 Å². The van der Waals surface area contributed by atoms with E-state index in [0.717, 1.165) is 17.1 Å². The van der Waals surface area contributed by atoms with Crippen molar-refractivity contribution in [2.75, 3.05) is 6.61 Å². The summed E-state index contributed by atoms with van der Waals surface area (Å²) in [6.07, 6.45) is 0. The van der Waals surface area contributed by atoms with Gasteiger partial charge in [0.1, 0.15) is 17.3 Å². The highest BCUT2D eigenvalue weighted by molar-refractivity contribution is 5.86. The van der Waals surface area contributed by atoms with Gasteiger partial charge >= 0.3 is 12.0 Å². The first kappa shape index (κ1) is 17.7. The molecular formula is C17H22N2O5. The Morgan fingerprint density at radius 2 is 2.00 bits per heavy atom. The van der Waals surface area contributed by atoms with E-state index in [1.54, 1.807) is 13.0 Å². The summed E-state index contributed by atoms with van der Waals surface area (Å²) in [6.45, 7) is 7.77. The van der Waals surface area contributed by atoms with Crippen molar-refractivity contribution >= 4 is 12.0 Å². The zero-order chi connectivity index (χ0) is 17.7. The van der Waals surface area contributed by atoms with Gasteiger partial charge in [-0.1, -0.05) is 0 Å². The first-order valence-corrected chi connectivity index (χ1v) is 7.77. The Balaban J connectivity index is 1.85. The fourth-order valence-corrected chi connectivity index (χ4v) is 2.36. The summed E-state index contributed by atoms with van der Waals surface area (Å²) in [5, 5.41) is 5.51. The lowest BCUT2D eigenvalue weighted by molar-refractivity contribution is 0.0488. The van der Waals surface area contributed by atoms with Crippen LogP contribution < -0.4 is 10.6 Å². The van der Waals surface area contributed by atoms with E-state index >= 15 is 0 Å². The van der Waals surface area contributed by atoms with Gasteiger partial charge in [0.15, 0.2) is 0 Å². The standard InChI is InChI=1S/C17H22N2O5/c1-5-22-16(20)15-7-6-13(24-15)9-18-17(21)19-11(3)14-8-10(2)23-12(14)4/h6-8,11H,5,9H2,1-4H3,(H2,18,19,21)/t11-/m1/s1. The van der Waals surface area contributed by atoms with Gasteiger partial charge in [0.05, 0.1) is 19.2 Å². The highest BCUT2D eigenvalue weighted by atomic mass is 16.5. The van der Waals surface area contributed by atoms with Gasteiger partial charge < -0.3 is 24.2 Å². The average molecular weight is 334 g/mol. The zero-order valence-electron chi connectivity index (χ0n) is 14.3. The summed E-state index contributed by atoms with van der Waals surface area (Å²) >= 11 is 0. The number of aryl methyl sites for hydroxylation is 2. The highest BCUT2D eigenvalue weighted by Crippen LogP contribution is 2.21. The summed E-state index contributed by atoms with van der Waals surface area (Å²) in [4.78, 5) is 23.5. The van der Waals surface area contributed by atoms with Gasteiger partial charge in [-0.25, -0.2) is 9.59 Å². The van der Waals surface area contributed by atoms with E-state index in [1.165, 1.54) is 6.07 Å². The minimum Gasteiger partial charge on any atom is -0.466 e. The van der Waals surface area contributed by atoms with Crippen molar-refractivity contribution < 1.29 is 23.2 Å². The molecular weight excluding hydrogens is 312 g/mol. The Bertz CT molecular complexity index is 716. The minimum atomic E-state index is -0.521. The highest BCUT2D eigenvalue weighted by Gasteiger charge is 2.16. The number of rotatable bonds is 6. The second-order valence-corrected chi connectivity index (χ2v) is 5.40. The molecule has 7 nitrogen and oxygen atoms in total. The van der Waals surface area contributed by atoms with Crippen LogP contribution in [-0.4, -0.2) is 18.6 Å². The van der Waals surface area contributed by atoms with Gasteiger partial charge in [0, 0.05) is 5.56 Å². The zero-order valence-corrected chi connectivity index (χ0v) is 14.3. The largest absolute Gasteiger partial charge is 0.466 e. The molecule has 0 spiro atoms. The van der Waals surface area contributed by atoms with E-state index in [-0.39, 0.29) is 31.0 Å². The number of amides is 2. The molecule has 2 amide bonds. The number of hydrogen-bond donors (Lipinski definition) is 2. The third-order valence-electron chi connectivity index (χ3n) is 3.45. The van der Waals surface area contributed by atoms with Gasteiger partial charge in [0.25, 0.3) is 0 Å². The SMILES string of the molecule is CCOC(=O)c1ccc(CNC(=O)N[C@H](C)c2cc(C)oc2C)o1. The maximum absolute atomic E-state index is 12.0. The molecule has 2 rings (SSSR count). The number of carbonyl (C=O) groups excluding carboxylic acids is 2. The van der Waals surface area contributed by atoms with Crippen LogP contribution >= 0.6 is 0 Å².